The minimum Gasteiger partial charge on any atom is -0.454 e. The fourth-order valence-electron chi connectivity index (χ4n) is 1.87. The van der Waals surface area contributed by atoms with Gasteiger partial charge in [-0.15, -0.1) is 0 Å². The Morgan fingerprint density at radius 1 is 1.20 bits per heavy atom. The number of methoxy groups -OCH3 is 1. The summed E-state index contributed by atoms with van der Waals surface area (Å²) in [6.07, 6.45) is 0. The Kier molecular flexibility index (Phi) is 4.48. The van der Waals surface area contributed by atoms with Crippen LogP contribution in [-0.2, 0) is 11.3 Å². The lowest BCUT2D eigenvalue weighted by Crippen LogP contribution is -2.00. The third kappa shape index (κ3) is 3.22. The highest BCUT2D eigenvalue weighted by Gasteiger charge is 2.14. The molecule has 104 valence electrons. The number of hydrogen-bond acceptors (Lipinski definition) is 3. The fourth-order valence-corrected chi connectivity index (χ4v) is 1.87. The second-order valence-electron chi connectivity index (χ2n) is 4.36. The van der Waals surface area contributed by atoms with Crippen LogP contribution < -0.4 is 4.74 Å². The first kappa shape index (κ1) is 14.2. The van der Waals surface area contributed by atoms with Crippen molar-refractivity contribution in [2.75, 3.05) is 7.11 Å². The zero-order chi connectivity index (χ0) is 14.5. The lowest BCUT2D eigenvalue weighted by molar-refractivity contribution is 0.101. The van der Waals surface area contributed by atoms with E-state index in [9.17, 15) is 9.18 Å². The van der Waals surface area contributed by atoms with E-state index in [0.717, 1.165) is 5.56 Å². The van der Waals surface area contributed by atoms with Crippen molar-refractivity contribution >= 4 is 5.78 Å². The Balaban J connectivity index is 2.34. The Morgan fingerprint density at radius 2 is 1.95 bits per heavy atom. The molecule has 0 aliphatic carbocycles. The van der Waals surface area contributed by atoms with Crippen LogP contribution >= 0.6 is 0 Å². The van der Waals surface area contributed by atoms with Crippen molar-refractivity contribution in [2.45, 2.75) is 13.5 Å². The number of Topliss-reactive ketones (excluding diaryl/α,β-unsaturated/α-hetero) is 1. The van der Waals surface area contributed by atoms with Crippen LogP contribution in [0.2, 0.25) is 0 Å². The highest BCUT2D eigenvalue weighted by molar-refractivity contribution is 5.96. The molecule has 0 saturated heterocycles. The standard InChI is InChI=1S/C16H15FO3/c1-11(18)14-7-4-8-15(17)16(14)20-13-6-3-5-12(9-13)10-19-2/h3-9H,10H2,1-2H3. The van der Waals surface area contributed by atoms with Gasteiger partial charge in [-0.1, -0.05) is 18.2 Å². The second kappa shape index (κ2) is 6.30. The van der Waals surface area contributed by atoms with Crippen molar-refractivity contribution in [3.05, 3.63) is 59.4 Å². The maximum absolute atomic E-state index is 13.8. The third-order valence-electron chi connectivity index (χ3n) is 2.78. The molecule has 0 spiro atoms. The number of carbonyl (C=O) groups is 1. The first-order chi connectivity index (χ1) is 9.61. The van der Waals surface area contributed by atoms with Crippen LogP contribution in [-0.4, -0.2) is 12.9 Å². The number of para-hydroxylation sites is 1. The van der Waals surface area contributed by atoms with E-state index in [1.165, 1.54) is 19.1 Å². The topological polar surface area (TPSA) is 35.5 Å². The summed E-state index contributed by atoms with van der Waals surface area (Å²) < 4.78 is 24.4. The molecule has 0 saturated carbocycles. The molecule has 0 aliphatic rings. The summed E-state index contributed by atoms with van der Waals surface area (Å²) in [4.78, 5) is 11.5. The molecule has 0 aliphatic heterocycles. The summed E-state index contributed by atoms with van der Waals surface area (Å²) in [6.45, 7) is 1.82. The quantitative estimate of drug-likeness (QED) is 0.774. The van der Waals surface area contributed by atoms with Gasteiger partial charge in [-0.2, -0.15) is 0 Å². The van der Waals surface area contributed by atoms with Gasteiger partial charge in [0, 0.05) is 7.11 Å². The molecular weight excluding hydrogens is 259 g/mol. The third-order valence-corrected chi connectivity index (χ3v) is 2.78. The lowest BCUT2D eigenvalue weighted by atomic mass is 10.1. The summed E-state index contributed by atoms with van der Waals surface area (Å²) in [5.74, 6) is -0.385. The monoisotopic (exact) mass is 274 g/mol. The van der Waals surface area contributed by atoms with E-state index in [-0.39, 0.29) is 17.1 Å². The smallest absolute Gasteiger partial charge is 0.173 e. The Morgan fingerprint density at radius 3 is 2.65 bits per heavy atom. The molecule has 0 atom stereocenters. The molecule has 0 heterocycles. The maximum atomic E-state index is 13.8. The Hall–Kier alpha value is -2.20. The van der Waals surface area contributed by atoms with Gasteiger partial charge in [-0.3, -0.25) is 4.79 Å². The number of carbonyl (C=O) groups excluding carboxylic acids is 1. The lowest BCUT2D eigenvalue weighted by Gasteiger charge is -2.11. The Bertz CT molecular complexity index is 623. The molecule has 2 rings (SSSR count). The molecular formula is C16H15FO3. The van der Waals surface area contributed by atoms with E-state index >= 15 is 0 Å². The SMILES string of the molecule is COCc1cccc(Oc2c(F)cccc2C(C)=O)c1. The summed E-state index contributed by atoms with van der Waals surface area (Å²) in [5, 5.41) is 0. The van der Waals surface area contributed by atoms with Gasteiger partial charge in [-0.25, -0.2) is 4.39 Å². The van der Waals surface area contributed by atoms with E-state index < -0.39 is 5.82 Å². The molecule has 3 nitrogen and oxygen atoms in total. The molecule has 2 aromatic rings. The minimum atomic E-state index is -0.560. The van der Waals surface area contributed by atoms with E-state index in [1.54, 1.807) is 31.4 Å². The van der Waals surface area contributed by atoms with Gasteiger partial charge >= 0.3 is 0 Å². The number of ketones is 1. The zero-order valence-corrected chi connectivity index (χ0v) is 11.4. The van der Waals surface area contributed by atoms with E-state index in [1.807, 2.05) is 6.07 Å². The summed E-state index contributed by atoms with van der Waals surface area (Å²) in [5.41, 5.74) is 1.13. The highest BCUT2D eigenvalue weighted by atomic mass is 19.1. The first-order valence-electron chi connectivity index (χ1n) is 6.17. The largest absolute Gasteiger partial charge is 0.454 e. The van der Waals surface area contributed by atoms with Crippen LogP contribution in [0.25, 0.3) is 0 Å². The molecule has 4 heteroatoms. The fraction of sp³-hybridized carbons (Fsp3) is 0.188. The van der Waals surface area contributed by atoms with Crippen LogP contribution in [0.4, 0.5) is 4.39 Å². The Labute approximate surface area is 117 Å². The number of benzene rings is 2. The molecule has 20 heavy (non-hydrogen) atoms. The van der Waals surface area contributed by atoms with Crippen molar-refractivity contribution in [3.63, 3.8) is 0 Å². The van der Waals surface area contributed by atoms with Crippen molar-refractivity contribution in [2.24, 2.45) is 0 Å². The van der Waals surface area contributed by atoms with Crippen molar-refractivity contribution in [3.8, 4) is 11.5 Å². The van der Waals surface area contributed by atoms with Crippen molar-refractivity contribution < 1.29 is 18.7 Å². The average molecular weight is 274 g/mol. The van der Waals surface area contributed by atoms with Gasteiger partial charge in [0.25, 0.3) is 0 Å². The van der Waals surface area contributed by atoms with Gasteiger partial charge in [0.05, 0.1) is 12.2 Å². The molecule has 0 radical (unpaired) electrons. The van der Waals surface area contributed by atoms with Crippen LogP contribution in [0.5, 0.6) is 11.5 Å². The molecule has 0 aromatic heterocycles. The van der Waals surface area contributed by atoms with Crippen molar-refractivity contribution in [1.29, 1.82) is 0 Å². The van der Waals surface area contributed by atoms with Gasteiger partial charge in [0.15, 0.2) is 17.3 Å². The van der Waals surface area contributed by atoms with Crippen LogP contribution in [0.3, 0.4) is 0 Å². The van der Waals surface area contributed by atoms with Crippen LogP contribution in [0.1, 0.15) is 22.8 Å². The van der Waals surface area contributed by atoms with Crippen molar-refractivity contribution in [1.82, 2.24) is 0 Å². The van der Waals surface area contributed by atoms with Crippen LogP contribution in [0.15, 0.2) is 42.5 Å². The predicted octanol–water partition coefficient (Wildman–Crippen LogP) is 3.97. The minimum absolute atomic E-state index is 0.0467. The molecule has 0 amide bonds. The molecule has 2 aromatic carbocycles. The average Bonchev–Trinajstić information content (AvgIpc) is 2.41. The van der Waals surface area contributed by atoms with Gasteiger partial charge < -0.3 is 9.47 Å². The van der Waals surface area contributed by atoms with E-state index in [0.29, 0.717) is 12.4 Å². The molecule has 0 N–H and O–H groups in total. The number of halogens is 1. The van der Waals surface area contributed by atoms with Gasteiger partial charge in [0.2, 0.25) is 0 Å². The normalized spacial score (nSPS) is 10.3. The summed E-state index contributed by atoms with van der Waals surface area (Å²) in [7, 11) is 1.60. The van der Waals surface area contributed by atoms with Crippen LogP contribution in [0, 0.1) is 5.82 Å². The number of ether oxygens (including phenoxy) is 2. The highest BCUT2D eigenvalue weighted by Crippen LogP contribution is 2.29. The molecule has 0 fully saturated rings. The number of hydrogen-bond donors (Lipinski definition) is 0. The zero-order valence-electron chi connectivity index (χ0n) is 11.4. The van der Waals surface area contributed by atoms with Gasteiger partial charge in [0.1, 0.15) is 5.75 Å². The van der Waals surface area contributed by atoms with Gasteiger partial charge in [-0.05, 0) is 36.8 Å². The maximum Gasteiger partial charge on any atom is 0.173 e. The first-order valence-corrected chi connectivity index (χ1v) is 6.17. The summed E-state index contributed by atoms with van der Waals surface area (Å²) >= 11 is 0. The van der Waals surface area contributed by atoms with E-state index in [2.05, 4.69) is 0 Å². The number of rotatable bonds is 5. The second-order valence-corrected chi connectivity index (χ2v) is 4.36. The molecule has 0 unspecified atom stereocenters. The summed E-state index contributed by atoms with van der Waals surface area (Å²) in [6, 6.07) is 11.4. The van der Waals surface area contributed by atoms with E-state index in [4.69, 9.17) is 9.47 Å². The predicted molar refractivity (Wildman–Crippen MR) is 73.6 cm³/mol. The molecule has 0 bridgehead atoms.